The van der Waals surface area contributed by atoms with Crippen LogP contribution in [0.1, 0.15) is 31.7 Å². The number of hydrogen-bond donors (Lipinski definition) is 1. The molecule has 1 unspecified atom stereocenters. The molecular formula is C16H17ClN2O. The Kier molecular flexibility index (Phi) is 3.38. The average molecular weight is 289 g/mol. The summed E-state index contributed by atoms with van der Waals surface area (Å²) in [6.45, 7) is 2.12. The van der Waals surface area contributed by atoms with Crippen molar-refractivity contribution < 1.29 is 4.79 Å². The van der Waals surface area contributed by atoms with Crippen LogP contribution in [0.3, 0.4) is 0 Å². The molecule has 3 nitrogen and oxygen atoms in total. The van der Waals surface area contributed by atoms with E-state index >= 15 is 0 Å². The number of halogens is 1. The predicted octanol–water partition coefficient (Wildman–Crippen LogP) is 3.49. The van der Waals surface area contributed by atoms with E-state index in [0.717, 1.165) is 40.8 Å². The van der Waals surface area contributed by atoms with Gasteiger partial charge in [0.05, 0.1) is 5.52 Å². The van der Waals surface area contributed by atoms with Gasteiger partial charge in [-0.2, -0.15) is 0 Å². The standard InChI is InChI=1S/C16H17ClN2O/c1-2-16(8-7-14(20)19-16)10-11-5-6-13(17)12-4-3-9-18-15(11)12/h3-6,9H,2,7-8,10H2,1H3,(H,19,20). The van der Waals surface area contributed by atoms with Crippen molar-refractivity contribution in [1.29, 1.82) is 0 Å². The quantitative estimate of drug-likeness (QED) is 0.939. The highest BCUT2D eigenvalue weighted by molar-refractivity contribution is 6.35. The predicted molar refractivity (Wildman–Crippen MR) is 80.9 cm³/mol. The summed E-state index contributed by atoms with van der Waals surface area (Å²) in [7, 11) is 0. The van der Waals surface area contributed by atoms with Crippen LogP contribution in [0.15, 0.2) is 30.5 Å². The van der Waals surface area contributed by atoms with Gasteiger partial charge in [0, 0.05) is 28.6 Å². The van der Waals surface area contributed by atoms with Gasteiger partial charge in [-0.05, 0) is 43.0 Å². The molecule has 2 heterocycles. The molecule has 0 spiro atoms. The van der Waals surface area contributed by atoms with Gasteiger partial charge in [-0.15, -0.1) is 0 Å². The molecule has 1 saturated heterocycles. The van der Waals surface area contributed by atoms with Gasteiger partial charge in [0.15, 0.2) is 0 Å². The maximum atomic E-state index is 11.6. The van der Waals surface area contributed by atoms with E-state index in [9.17, 15) is 4.79 Å². The molecule has 0 radical (unpaired) electrons. The highest BCUT2D eigenvalue weighted by Crippen LogP contribution is 2.32. The molecule has 3 rings (SSSR count). The van der Waals surface area contributed by atoms with E-state index in [2.05, 4.69) is 17.2 Å². The molecule has 0 aliphatic carbocycles. The van der Waals surface area contributed by atoms with Crippen molar-refractivity contribution in [3.63, 3.8) is 0 Å². The number of nitrogens with one attached hydrogen (secondary N) is 1. The fourth-order valence-electron chi connectivity index (χ4n) is 3.00. The van der Waals surface area contributed by atoms with E-state index in [1.54, 1.807) is 6.20 Å². The van der Waals surface area contributed by atoms with E-state index in [1.165, 1.54) is 0 Å². The van der Waals surface area contributed by atoms with Crippen LogP contribution in [-0.2, 0) is 11.2 Å². The summed E-state index contributed by atoms with van der Waals surface area (Å²) in [5.41, 5.74) is 1.96. The molecule has 1 atom stereocenters. The molecule has 1 aromatic carbocycles. The van der Waals surface area contributed by atoms with Crippen molar-refractivity contribution in [3.8, 4) is 0 Å². The fraction of sp³-hybridized carbons (Fsp3) is 0.375. The number of carbonyl (C=O) groups is 1. The molecule has 2 aromatic rings. The Morgan fingerprint density at radius 3 is 2.95 bits per heavy atom. The lowest BCUT2D eigenvalue weighted by Gasteiger charge is -2.28. The summed E-state index contributed by atoms with van der Waals surface area (Å²) in [6, 6.07) is 7.82. The summed E-state index contributed by atoms with van der Waals surface area (Å²) in [4.78, 5) is 16.0. The number of benzene rings is 1. The minimum atomic E-state index is -0.130. The maximum absolute atomic E-state index is 11.6. The Hall–Kier alpha value is -1.61. The maximum Gasteiger partial charge on any atom is 0.220 e. The van der Waals surface area contributed by atoms with Crippen LogP contribution in [0, 0.1) is 0 Å². The fourth-order valence-corrected chi connectivity index (χ4v) is 3.22. The van der Waals surface area contributed by atoms with Crippen LogP contribution in [0.2, 0.25) is 5.02 Å². The summed E-state index contributed by atoms with van der Waals surface area (Å²) < 4.78 is 0. The number of fused-ring (bicyclic) bond motifs is 1. The van der Waals surface area contributed by atoms with Crippen molar-refractivity contribution >= 4 is 28.4 Å². The first-order chi connectivity index (χ1) is 9.63. The minimum Gasteiger partial charge on any atom is -0.350 e. The number of carbonyl (C=O) groups excluding carboxylic acids is 1. The number of amides is 1. The van der Waals surface area contributed by atoms with E-state index < -0.39 is 0 Å². The highest BCUT2D eigenvalue weighted by atomic mass is 35.5. The third-order valence-corrected chi connectivity index (χ3v) is 4.57. The van der Waals surface area contributed by atoms with Gasteiger partial charge in [0.2, 0.25) is 5.91 Å². The van der Waals surface area contributed by atoms with Crippen LogP contribution in [0.25, 0.3) is 10.9 Å². The van der Waals surface area contributed by atoms with E-state index in [1.807, 2.05) is 24.3 Å². The van der Waals surface area contributed by atoms with Gasteiger partial charge in [0.1, 0.15) is 0 Å². The molecule has 104 valence electrons. The zero-order valence-corrected chi connectivity index (χ0v) is 12.2. The minimum absolute atomic E-state index is 0.130. The molecule has 1 aliphatic heterocycles. The molecule has 0 bridgehead atoms. The van der Waals surface area contributed by atoms with Crippen LogP contribution >= 0.6 is 11.6 Å². The molecule has 20 heavy (non-hydrogen) atoms. The van der Waals surface area contributed by atoms with Gasteiger partial charge in [0.25, 0.3) is 0 Å². The lowest BCUT2D eigenvalue weighted by Crippen LogP contribution is -2.43. The lowest BCUT2D eigenvalue weighted by molar-refractivity contribution is -0.119. The molecule has 1 amide bonds. The Morgan fingerprint density at radius 2 is 2.25 bits per heavy atom. The van der Waals surface area contributed by atoms with Crippen molar-refractivity contribution in [2.24, 2.45) is 0 Å². The van der Waals surface area contributed by atoms with Crippen molar-refractivity contribution in [2.75, 3.05) is 0 Å². The molecule has 4 heteroatoms. The number of nitrogens with zero attached hydrogens (tertiary/aromatic N) is 1. The van der Waals surface area contributed by atoms with Gasteiger partial charge in [-0.25, -0.2) is 0 Å². The number of pyridine rings is 1. The number of hydrogen-bond acceptors (Lipinski definition) is 2. The Bertz CT molecular complexity index is 671. The van der Waals surface area contributed by atoms with Crippen molar-refractivity contribution in [2.45, 2.75) is 38.1 Å². The second kappa shape index (κ2) is 5.06. The lowest BCUT2D eigenvalue weighted by atomic mass is 9.86. The number of rotatable bonds is 3. The summed E-state index contributed by atoms with van der Waals surface area (Å²) in [5.74, 6) is 0.151. The first kappa shape index (κ1) is 13.4. The van der Waals surface area contributed by atoms with Gasteiger partial charge < -0.3 is 5.32 Å². The zero-order valence-electron chi connectivity index (χ0n) is 11.4. The molecule has 1 aliphatic rings. The first-order valence-corrected chi connectivity index (χ1v) is 7.34. The normalized spacial score (nSPS) is 22.2. The summed E-state index contributed by atoms with van der Waals surface area (Å²) in [5, 5.41) is 4.84. The van der Waals surface area contributed by atoms with E-state index in [0.29, 0.717) is 6.42 Å². The van der Waals surface area contributed by atoms with E-state index in [-0.39, 0.29) is 11.4 Å². The third-order valence-electron chi connectivity index (χ3n) is 4.24. The topological polar surface area (TPSA) is 42.0 Å². The monoisotopic (exact) mass is 288 g/mol. The third kappa shape index (κ3) is 2.27. The van der Waals surface area contributed by atoms with Gasteiger partial charge in [-0.1, -0.05) is 24.6 Å². The Labute approximate surface area is 123 Å². The van der Waals surface area contributed by atoms with Crippen LogP contribution < -0.4 is 5.32 Å². The second-order valence-electron chi connectivity index (χ2n) is 5.46. The Balaban J connectivity index is 2.03. The summed E-state index contributed by atoms with van der Waals surface area (Å²) >= 11 is 6.23. The second-order valence-corrected chi connectivity index (χ2v) is 5.87. The Morgan fingerprint density at radius 1 is 1.40 bits per heavy atom. The SMILES string of the molecule is CCC1(Cc2ccc(Cl)c3cccnc23)CCC(=O)N1. The smallest absolute Gasteiger partial charge is 0.220 e. The first-order valence-electron chi connectivity index (χ1n) is 6.97. The molecule has 0 saturated carbocycles. The number of aromatic nitrogens is 1. The van der Waals surface area contributed by atoms with Crippen LogP contribution in [-0.4, -0.2) is 16.4 Å². The largest absolute Gasteiger partial charge is 0.350 e. The highest BCUT2D eigenvalue weighted by Gasteiger charge is 2.36. The molecule has 1 aromatic heterocycles. The van der Waals surface area contributed by atoms with Crippen molar-refractivity contribution in [1.82, 2.24) is 10.3 Å². The molecule has 1 N–H and O–H groups in total. The van der Waals surface area contributed by atoms with Gasteiger partial charge >= 0.3 is 0 Å². The van der Waals surface area contributed by atoms with E-state index in [4.69, 9.17) is 11.6 Å². The average Bonchev–Trinajstić information content (AvgIpc) is 2.84. The van der Waals surface area contributed by atoms with Crippen LogP contribution in [0.5, 0.6) is 0 Å². The molecule has 1 fully saturated rings. The summed E-state index contributed by atoms with van der Waals surface area (Å²) in [6.07, 6.45) is 5.02. The zero-order chi connectivity index (χ0) is 14.2. The van der Waals surface area contributed by atoms with Crippen LogP contribution in [0.4, 0.5) is 0 Å². The molecular weight excluding hydrogens is 272 g/mol. The van der Waals surface area contributed by atoms with Gasteiger partial charge in [-0.3, -0.25) is 9.78 Å². The van der Waals surface area contributed by atoms with Crippen molar-refractivity contribution in [3.05, 3.63) is 41.0 Å².